The number of halogens is 1. The molecular weight excluding hydrogens is 480 g/mol. The number of benzene rings is 2. The van der Waals surface area contributed by atoms with Crippen molar-refractivity contribution in [2.75, 3.05) is 0 Å². The summed E-state index contributed by atoms with van der Waals surface area (Å²) in [6.07, 6.45) is 22.0. The highest BCUT2D eigenvalue weighted by atomic mass is 35.5. The van der Waals surface area contributed by atoms with E-state index in [1.54, 1.807) is 6.21 Å². The normalized spacial score (nSPS) is 11.2. The van der Waals surface area contributed by atoms with Gasteiger partial charge < -0.3 is 4.74 Å². The highest BCUT2D eigenvalue weighted by Crippen LogP contribution is 2.19. The van der Waals surface area contributed by atoms with Crippen LogP contribution in [0.3, 0.4) is 0 Å². The monoisotopic (exact) mass is 526 g/mol. The van der Waals surface area contributed by atoms with Crippen molar-refractivity contribution in [1.82, 2.24) is 5.43 Å². The standard InChI is InChI=1S/C32H47ClN2O2/c1-2-3-4-5-6-7-8-9-10-11-12-13-14-15-16-21-32(36)35-34-26-29-19-17-18-20-31(29)37-27-28-22-24-30(33)25-23-28/h17-20,22-26H,2-16,21,27H2,1H3,(H,35,36)/b34-26-. The van der Waals surface area contributed by atoms with E-state index in [4.69, 9.17) is 16.3 Å². The van der Waals surface area contributed by atoms with Crippen LogP contribution < -0.4 is 10.2 Å². The van der Waals surface area contributed by atoms with Crippen LogP contribution >= 0.6 is 11.6 Å². The second-order valence-electron chi connectivity index (χ2n) is 9.95. The fourth-order valence-corrected chi connectivity index (χ4v) is 4.47. The van der Waals surface area contributed by atoms with E-state index in [-0.39, 0.29) is 5.91 Å². The van der Waals surface area contributed by atoms with Crippen LogP contribution in [0.5, 0.6) is 5.75 Å². The molecule has 0 saturated heterocycles. The van der Waals surface area contributed by atoms with Crippen LogP contribution in [0.4, 0.5) is 0 Å². The lowest BCUT2D eigenvalue weighted by Gasteiger charge is -2.09. The van der Waals surface area contributed by atoms with E-state index in [2.05, 4.69) is 17.5 Å². The van der Waals surface area contributed by atoms with Gasteiger partial charge in [0.2, 0.25) is 5.91 Å². The van der Waals surface area contributed by atoms with Crippen molar-refractivity contribution >= 4 is 23.7 Å². The van der Waals surface area contributed by atoms with Gasteiger partial charge in [0.1, 0.15) is 12.4 Å². The molecule has 0 bridgehead atoms. The molecule has 0 spiro atoms. The predicted octanol–water partition coefficient (Wildman–Crippen LogP) is 9.63. The summed E-state index contributed by atoms with van der Waals surface area (Å²) in [6.45, 7) is 2.71. The van der Waals surface area contributed by atoms with Crippen LogP contribution in [0.15, 0.2) is 53.6 Å². The third-order valence-corrected chi connectivity index (χ3v) is 6.88. The quantitative estimate of drug-likeness (QED) is 0.0999. The van der Waals surface area contributed by atoms with Gasteiger partial charge in [0, 0.05) is 17.0 Å². The summed E-state index contributed by atoms with van der Waals surface area (Å²) in [5.74, 6) is 0.684. The van der Waals surface area contributed by atoms with Gasteiger partial charge >= 0.3 is 0 Å². The molecule has 2 rings (SSSR count). The average molecular weight is 527 g/mol. The fraction of sp³-hybridized carbons (Fsp3) is 0.562. The zero-order valence-corrected chi connectivity index (χ0v) is 23.6. The smallest absolute Gasteiger partial charge is 0.240 e. The maximum Gasteiger partial charge on any atom is 0.240 e. The van der Waals surface area contributed by atoms with Crippen LogP contribution in [0.25, 0.3) is 0 Å². The maximum absolute atomic E-state index is 12.1. The molecule has 0 aromatic heterocycles. The number of unbranched alkanes of at least 4 members (excludes halogenated alkanes) is 14. The van der Waals surface area contributed by atoms with Gasteiger partial charge in [-0.15, -0.1) is 0 Å². The zero-order valence-electron chi connectivity index (χ0n) is 22.9. The van der Waals surface area contributed by atoms with E-state index in [1.165, 1.54) is 83.5 Å². The number of carbonyl (C=O) groups excluding carboxylic acids is 1. The van der Waals surface area contributed by atoms with E-state index < -0.39 is 0 Å². The van der Waals surface area contributed by atoms with Crippen molar-refractivity contribution < 1.29 is 9.53 Å². The van der Waals surface area contributed by atoms with Crippen molar-refractivity contribution in [1.29, 1.82) is 0 Å². The molecule has 37 heavy (non-hydrogen) atoms. The second kappa shape index (κ2) is 20.7. The van der Waals surface area contributed by atoms with Gasteiger partial charge in [-0.1, -0.05) is 133 Å². The van der Waals surface area contributed by atoms with E-state index in [0.29, 0.717) is 18.1 Å². The Kier molecular flexibility index (Phi) is 17.3. The minimum Gasteiger partial charge on any atom is -0.488 e. The van der Waals surface area contributed by atoms with E-state index in [0.717, 1.165) is 29.7 Å². The molecule has 1 N–H and O–H groups in total. The highest BCUT2D eigenvalue weighted by Gasteiger charge is 2.03. The number of hydrogen-bond donors (Lipinski definition) is 1. The lowest BCUT2D eigenvalue weighted by molar-refractivity contribution is -0.121. The van der Waals surface area contributed by atoms with Crippen molar-refractivity contribution in [2.24, 2.45) is 5.10 Å². The van der Waals surface area contributed by atoms with Crippen LogP contribution in [-0.2, 0) is 11.4 Å². The number of ether oxygens (including phenoxy) is 1. The van der Waals surface area contributed by atoms with Crippen LogP contribution in [0.1, 0.15) is 121 Å². The highest BCUT2D eigenvalue weighted by molar-refractivity contribution is 6.30. The van der Waals surface area contributed by atoms with Gasteiger partial charge in [0.15, 0.2) is 0 Å². The molecular formula is C32H47ClN2O2. The molecule has 0 saturated carbocycles. The van der Waals surface area contributed by atoms with Gasteiger partial charge in [-0.25, -0.2) is 5.43 Å². The van der Waals surface area contributed by atoms with E-state index in [1.807, 2.05) is 48.5 Å². The number of carbonyl (C=O) groups is 1. The topological polar surface area (TPSA) is 50.7 Å². The summed E-state index contributed by atoms with van der Waals surface area (Å²) in [5, 5.41) is 4.84. The molecule has 0 unspecified atom stereocenters. The molecule has 1 amide bonds. The van der Waals surface area contributed by atoms with Gasteiger partial charge in [0.25, 0.3) is 0 Å². The van der Waals surface area contributed by atoms with Crippen molar-refractivity contribution in [3.63, 3.8) is 0 Å². The average Bonchev–Trinajstić information content (AvgIpc) is 2.91. The van der Waals surface area contributed by atoms with Crippen molar-refractivity contribution in [3.8, 4) is 5.75 Å². The number of rotatable bonds is 21. The van der Waals surface area contributed by atoms with Crippen LogP contribution in [-0.4, -0.2) is 12.1 Å². The Morgan fingerprint density at radius 2 is 1.32 bits per heavy atom. The Hall–Kier alpha value is -2.33. The van der Waals surface area contributed by atoms with Crippen molar-refractivity contribution in [2.45, 2.75) is 116 Å². The van der Waals surface area contributed by atoms with Gasteiger partial charge in [-0.05, 0) is 36.2 Å². The summed E-state index contributed by atoms with van der Waals surface area (Å²) in [4.78, 5) is 12.1. The molecule has 0 aliphatic rings. The molecule has 5 heteroatoms. The lowest BCUT2D eigenvalue weighted by Crippen LogP contribution is -2.17. The molecule has 2 aromatic carbocycles. The molecule has 0 aliphatic heterocycles. The molecule has 0 atom stereocenters. The number of amides is 1. The van der Waals surface area contributed by atoms with E-state index in [9.17, 15) is 4.79 Å². The molecule has 204 valence electrons. The first-order chi connectivity index (χ1) is 18.2. The Labute approximate surface area is 230 Å². The largest absolute Gasteiger partial charge is 0.488 e. The molecule has 0 aliphatic carbocycles. The molecule has 4 nitrogen and oxygen atoms in total. The summed E-state index contributed by atoms with van der Waals surface area (Å²) < 4.78 is 5.93. The van der Waals surface area contributed by atoms with Gasteiger partial charge in [0.05, 0.1) is 6.21 Å². The Balaban J connectivity index is 1.48. The van der Waals surface area contributed by atoms with Gasteiger partial charge in [-0.3, -0.25) is 4.79 Å². The summed E-state index contributed by atoms with van der Waals surface area (Å²) >= 11 is 5.94. The number of hydrogen-bond acceptors (Lipinski definition) is 3. The van der Waals surface area contributed by atoms with Crippen LogP contribution in [0, 0.1) is 0 Å². The minimum absolute atomic E-state index is 0.0366. The first-order valence-electron chi connectivity index (χ1n) is 14.5. The fourth-order valence-electron chi connectivity index (χ4n) is 4.35. The maximum atomic E-state index is 12.1. The van der Waals surface area contributed by atoms with E-state index >= 15 is 0 Å². The number of nitrogens with one attached hydrogen (secondary N) is 1. The SMILES string of the molecule is CCCCCCCCCCCCCCCCCC(=O)N/N=C\c1ccccc1OCc1ccc(Cl)cc1. The Bertz CT molecular complexity index is 883. The zero-order chi connectivity index (χ0) is 26.4. The summed E-state index contributed by atoms with van der Waals surface area (Å²) in [5.41, 5.74) is 4.51. The first kappa shape index (κ1) is 30.9. The number of para-hydroxylation sites is 1. The Morgan fingerprint density at radius 1 is 0.784 bits per heavy atom. The molecule has 0 radical (unpaired) electrons. The van der Waals surface area contributed by atoms with Crippen molar-refractivity contribution in [3.05, 3.63) is 64.7 Å². The number of nitrogens with zero attached hydrogens (tertiary/aromatic N) is 1. The molecule has 0 heterocycles. The van der Waals surface area contributed by atoms with Gasteiger partial charge in [-0.2, -0.15) is 5.10 Å². The third-order valence-electron chi connectivity index (χ3n) is 6.63. The third kappa shape index (κ3) is 15.5. The molecule has 0 fully saturated rings. The first-order valence-corrected chi connectivity index (χ1v) is 14.8. The number of hydrazone groups is 1. The van der Waals surface area contributed by atoms with Crippen LogP contribution in [0.2, 0.25) is 5.02 Å². The summed E-state index contributed by atoms with van der Waals surface area (Å²) in [7, 11) is 0. The summed E-state index contributed by atoms with van der Waals surface area (Å²) in [6, 6.07) is 15.2. The molecule has 2 aromatic rings. The second-order valence-corrected chi connectivity index (χ2v) is 10.4. The Morgan fingerprint density at radius 3 is 1.92 bits per heavy atom. The minimum atomic E-state index is -0.0366. The lowest BCUT2D eigenvalue weighted by atomic mass is 10.0. The predicted molar refractivity (Wildman–Crippen MR) is 158 cm³/mol.